The van der Waals surface area contributed by atoms with Gasteiger partial charge < -0.3 is 10.0 Å². The quantitative estimate of drug-likeness (QED) is 0.865. The van der Waals surface area contributed by atoms with Gasteiger partial charge in [-0.2, -0.15) is 0 Å². The van der Waals surface area contributed by atoms with E-state index in [4.69, 9.17) is 0 Å². The van der Waals surface area contributed by atoms with Crippen LogP contribution in [-0.4, -0.2) is 47.2 Å². The van der Waals surface area contributed by atoms with Crippen LogP contribution in [0.3, 0.4) is 0 Å². The van der Waals surface area contributed by atoms with Gasteiger partial charge in [0.05, 0.1) is 23.7 Å². The van der Waals surface area contributed by atoms with Gasteiger partial charge in [0.25, 0.3) is 0 Å². The summed E-state index contributed by atoms with van der Waals surface area (Å²) in [6.07, 6.45) is 1.37. The highest BCUT2D eigenvalue weighted by atomic mass is 16.3. The molecule has 0 spiro atoms. The zero-order valence-corrected chi connectivity index (χ0v) is 11.7. The van der Waals surface area contributed by atoms with Crippen LogP contribution in [0.25, 0.3) is 0 Å². The van der Waals surface area contributed by atoms with Crippen LogP contribution in [0.5, 0.6) is 0 Å². The summed E-state index contributed by atoms with van der Waals surface area (Å²) in [5, 5.41) is 9.46. The van der Waals surface area contributed by atoms with Crippen molar-refractivity contribution in [2.45, 2.75) is 32.4 Å². The number of aromatic nitrogens is 1. The average Bonchev–Trinajstić information content (AvgIpc) is 2.33. The number of hydrogen-bond acceptors (Lipinski definition) is 4. The molecule has 1 fully saturated rings. The minimum absolute atomic E-state index is 0.182. The van der Waals surface area contributed by atoms with Gasteiger partial charge in [0.2, 0.25) is 0 Å². The van der Waals surface area contributed by atoms with E-state index < -0.39 is 6.10 Å². The van der Waals surface area contributed by atoms with E-state index in [-0.39, 0.29) is 5.54 Å². The fourth-order valence-electron chi connectivity index (χ4n) is 2.29. The summed E-state index contributed by atoms with van der Waals surface area (Å²) in [5.41, 5.74) is 2.05. The van der Waals surface area contributed by atoms with Crippen LogP contribution in [0.2, 0.25) is 0 Å². The van der Waals surface area contributed by atoms with Crippen LogP contribution in [0.1, 0.15) is 32.6 Å². The van der Waals surface area contributed by atoms with Crippen molar-refractivity contribution in [3.05, 3.63) is 24.0 Å². The number of pyridine rings is 1. The zero-order chi connectivity index (χ0) is 13.3. The number of nitrogens with zero attached hydrogens (tertiary/aromatic N) is 3. The van der Waals surface area contributed by atoms with Crippen LogP contribution in [0.4, 0.5) is 5.69 Å². The highest BCUT2D eigenvalue weighted by Crippen LogP contribution is 2.24. The van der Waals surface area contributed by atoms with Crippen molar-refractivity contribution in [1.82, 2.24) is 9.88 Å². The summed E-state index contributed by atoms with van der Waals surface area (Å²) >= 11 is 0. The molecule has 4 nitrogen and oxygen atoms in total. The Kier molecular flexibility index (Phi) is 3.59. The Balaban J connectivity index is 2.13. The predicted octanol–water partition coefficient (Wildman–Crippen LogP) is 1.67. The summed E-state index contributed by atoms with van der Waals surface area (Å²) in [6.45, 7) is 9.34. The highest BCUT2D eigenvalue weighted by Gasteiger charge is 2.31. The van der Waals surface area contributed by atoms with Crippen molar-refractivity contribution in [3.8, 4) is 0 Å². The van der Waals surface area contributed by atoms with Crippen LogP contribution in [-0.2, 0) is 0 Å². The molecule has 2 rings (SSSR count). The predicted molar refractivity (Wildman–Crippen MR) is 73.8 cm³/mol. The Morgan fingerprint density at radius 2 is 2.06 bits per heavy atom. The number of anilines is 1. The van der Waals surface area contributed by atoms with Gasteiger partial charge in [-0.15, -0.1) is 0 Å². The molecule has 0 radical (unpaired) electrons. The van der Waals surface area contributed by atoms with Crippen molar-refractivity contribution in [2.24, 2.45) is 0 Å². The fourth-order valence-corrected chi connectivity index (χ4v) is 2.29. The lowest BCUT2D eigenvalue weighted by atomic mass is 9.99. The van der Waals surface area contributed by atoms with E-state index in [1.807, 2.05) is 12.3 Å². The van der Waals surface area contributed by atoms with Crippen LogP contribution in [0.15, 0.2) is 18.3 Å². The molecule has 1 saturated heterocycles. The van der Waals surface area contributed by atoms with Crippen molar-refractivity contribution in [2.75, 3.05) is 31.6 Å². The minimum Gasteiger partial charge on any atom is -0.387 e. The molecule has 1 aromatic heterocycles. The SMILES string of the molecule is CC(O)c1ccc(N2CCN(C)C(C)(C)C2)cn1. The molecule has 1 atom stereocenters. The summed E-state index contributed by atoms with van der Waals surface area (Å²) < 4.78 is 0. The number of rotatable bonds is 2. The smallest absolute Gasteiger partial charge is 0.0931 e. The first kappa shape index (κ1) is 13.3. The summed E-state index contributed by atoms with van der Waals surface area (Å²) in [4.78, 5) is 9.06. The monoisotopic (exact) mass is 249 g/mol. The summed E-state index contributed by atoms with van der Waals surface area (Å²) in [6, 6.07) is 3.96. The number of hydrogen-bond donors (Lipinski definition) is 1. The average molecular weight is 249 g/mol. The lowest BCUT2D eigenvalue weighted by Gasteiger charge is -2.46. The molecule has 4 heteroatoms. The molecule has 2 heterocycles. The molecule has 1 aromatic rings. The molecule has 0 amide bonds. The van der Waals surface area contributed by atoms with E-state index in [1.54, 1.807) is 6.92 Å². The van der Waals surface area contributed by atoms with Gasteiger partial charge in [0.15, 0.2) is 0 Å². The van der Waals surface area contributed by atoms with E-state index in [2.05, 4.69) is 41.7 Å². The molecule has 0 saturated carbocycles. The molecule has 1 aliphatic heterocycles. The summed E-state index contributed by atoms with van der Waals surface area (Å²) in [7, 11) is 2.17. The number of aliphatic hydroxyl groups is 1. The van der Waals surface area contributed by atoms with Crippen molar-refractivity contribution in [3.63, 3.8) is 0 Å². The van der Waals surface area contributed by atoms with E-state index in [1.165, 1.54) is 0 Å². The minimum atomic E-state index is -0.497. The van der Waals surface area contributed by atoms with Gasteiger partial charge in [-0.3, -0.25) is 9.88 Å². The molecule has 1 N–H and O–H groups in total. The second kappa shape index (κ2) is 4.86. The lowest BCUT2D eigenvalue weighted by molar-refractivity contribution is 0.139. The maximum absolute atomic E-state index is 9.46. The molecule has 1 unspecified atom stereocenters. The Morgan fingerprint density at radius 3 is 2.56 bits per heavy atom. The van der Waals surface area contributed by atoms with E-state index in [0.29, 0.717) is 0 Å². The summed E-state index contributed by atoms with van der Waals surface area (Å²) in [5.74, 6) is 0. The Hall–Kier alpha value is -1.13. The molecule has 0 aromatic carbocycles. The second-order valence-electron chi connectivity index (χ2n) is 5.77. The third kappa shape index (κ3) is 2.65. The third-order valence-corrected chi connectivity index (χ3v) is 3.88. The molecule has 1 aliphatic rings. The maximum Gasteiger partial charge on any atom is 0.0931 e. The van der Waals surface area contributed by atoms with Gasteiger partial charge in [-0.1, -0.05) is 0 Å². The number of piperazine rings is 1. The Labute approximate surface area is 109 Å². The first-order valence-corrected chi connectivity index (χ1v) is 6.50. The zero-order valence-electron chi connectivity index (χ0n) is 11.7. The molecule has 0 aliphatic carbocycles. The van der Waals surface area contributed by atoms with Crippen molar-refractivity contribution in [1.29, 1.82) is 0 Å². The molecule has 0 bridgehead atoms. The van der Waals surface area contributed by atoms with Gasteiger partial charge >= 0.3 is 0 Å². The number of aliphatic hydroxyl groups excluding tert-OH is 1. The van der Waals surface area contributed by atoms with Crippen LogP contribution in [0, 0.1) is 0 Å². The molecular formula is C14H23N3O. The van der Waals surface area contributed by atoms with Gasteiger partial charge in [0, 0.05) is 25.2 Å². The molecule has 100 valence electrons. The van der Waals surface area contributed by atoms with E-state index in [9.17, 15) is 5.11 Å². The second-order valence-corrected chi connectivity index (χ2v) is 5.77. The van der Waals surface area contributed by atoms with Gasteiger partial charge in [0.1, 0.15) is 0 Å². The molecule has 18 heavy (non-hydrogen) atoms. The first-order chi connectivity index (χ1) is 8.40. The standard InChI is InChI=1S/C14H23N3O/c1-11(18)13-6-5-12(9-15-13)17-8-7-16(4)14(2,3)10-17/h5-6,9,11,18H,7-8,10H2,1-4H3. The highest BCUT2D eigenvalue weighted by molar-refractivity contribution is 5.46. The van der Waals surface area contributed by atoms with Gasteiger partial charge in [-0.05, 0) is 40.0 Å². The Morgan fingerprint density at radius 1 is 1.33 bits per heavy atom. The first-order valence-electron chi connectivity index (χ1n) is 6.50. The van der Waals surface area contributed by atoms with Crippen molar-refractivity contribution < 1.29 is 5.11 Å². The van der Waals surface area contributed by atoms with E-state index >= 15 is 0 Å². The maximum atomic E-state index is 9.46. The number of likely N-dealkylation sites (N-methyl/N-ethyl adjacent to an activating group) is 1. The topological polar surface area (TPSA) is 39.6 Å². The third-order valence-electron chi connectivity index (χ3n) is 3.88. The largest absolute Gasteiger partial charge is 0.387 e. The normalized spacial score (nSPS) is 21.9. The lowest BCUT2D eigenvalue weighted by Crippen LogP contribution is -2.57. The van der Waals surface area contributed by atoms with E-state index in [0.717, 1.165) is 31.0 Å². The Bertz CT molecular complexity index is 400. The van der Waals surface area contributed by atoms with Crippen molar-refractivity contribution >= 4 is 5.69 Å². The fraction of sp³-hybridized carbons (Fsp3) is 0.643. The molecular weight excluding hydrogens is 226 g/mol. The van der Waals surface area contributed by atoms with Gasteiger partial charge in [-0.25, -0.2) is 0 Å². The van der Waals surface area contributed by atoms with Crippen LogP contribution < -0.4 is 4.90 Å². The van der Waals surface area contributed by atoms with Crippen LogP contribution >= 0.6 is 0 Å².